The van der Waals surface area contributed by atoms with Crippen LogP contribution in [-0.2, 0) is 17.6 Å². The number of anilines is 1. The largest absolute Gasteiger partial charge is 0.321 e. The van der Waals surface area contributed by atoms with Gasteiger partial charge < -0.3 is 5.32 Å². The van der Waals surface area contributed by atoms with Crippen LogP contribution in [0.3, 0.4) is 0 Å². The van der Waals surface area contributed by atoms with Gasteiger partial charge in [0.15, 0.2) is 23.3 Å². The molecule has 1 amide bonds. The number of benzene rings is 1. The highest BCUT2D eigenvalue weighted by molar-refractivity contribution is 7.99. The zero-order chi connectivity index (χ0) is 20.3. The number of carbonyl (C=O) groups is 1. The second-order valence-electron chi connectivity index (χ2n) is 6.26. The molecule has 1 heterocycles. The van der Waals surface area contributed by atoms with Crippen molar-refractivity contribution in [2.24, 2.45) is 0 Å². The van der Waals surface area contributed by atoms with Crippen molar-refractivity contribution in [1.29, 1.82) is 5.26 Å². The van der Waals surface area contributed by atoms with E-state index >= 15 is 0 Å². The Hall–Kier alpha value is -2.60. The summed E-state index contributed by atoms with van der Waals surface area (Å²) in [5.41, 5.74) is 1.26. The van der Waals surface area contributed by atoms with E-state index in [4.69, 9.17) is 0 Å². The number of nitriles is 1. The minimum absolute atomic E-state index is 0.0708. The molecule has 0 saturated heterocycles. The van der Waals surface area contributed by atoms with Crippen LogP contribution in [0, 0.1) is 34.6 Å². The number of rotatable bonds is 5. The predicted molar refractivity (Wildman–Crippen MR) is 95.8 cm³/mol. The van der Waals surface area contributed by atoms with Gasteiger partial charge in [0.25, 0.3) is 0 Å². The molecule has 0 aliphatic heterocycles. The quantitative estimate of drug-likeness (QED) is 0.448. The number of nitrogens with one attached hydrogen (secondary N) is 1. The highest BCUT2D eigenvalue weighted by Gasteiger charge is 2.21. The van der Waals surface area contributed by atoms with E-state index in [2.05, 4.69) is 11.1 Å². The number of halogens is 4. The van der Waals surface area contributed by atoms with Gasteiger partial charge in [-0.25, -0.2) is 22.5 Å². The Balaban J connectivity index is 1.65. The summed E-state index contributed by atoms with van der Waals surface area (Å²) >= 11 is 1.17. The summed E-state index contributed by atoms with van der Waals surface area (Å²) in [4.78, 5) is 16.4. The number of hydrogen-bond donors (Lipinski definition) is 1. The van der Waals surface area contributed by atoms with Crippen LogP contribution in [0.5, 0.6) is 0 Å². The fraction of sp³-hybridized carbons (Fsp3) is 0.316. The number of aromatic nitrogens is 1. The maximum absolute atomic E-state index is 13.6. The van der Waals surface area contributed by atoms with E-state index in [1.165, 1.54) is 11.8 Å². The number of fused-ring (bicyclic) bond motifs is 1. The Labute approximate surface area is 163 Å². The van der Waals surface area contributed by atoms with E-state index in [0.717, 1.165) is 36.9 Å². The van der Waals surface area contributed by atoms with Crippen molar-refractivity contribution >= 4 is 23.4 Å². The minimum Gasteiger partial charge on any atom is -0.321 e. The summed E-state index contributed by atoms with van der Waals surface area (Å²) in [6.45, 7) is 0. The molecular weight excluding hydrogens is 394 g/mol. The zero-order valence-corrected chi connectivity index (χ0v) is 15.4. The second kappa shape index (κ2) is 8.61. The molecule has 146 valence electrons. The first kappa shape index (κ1) is 20.1. The fourth-order valence-electron chi connectivity index (χ4n) is 2.93. The number of amides is 1. The summed E-state index contributed by atoms with van der Waals surface area (Å²) in [6, 6.07) is 3.97. The lowest BCUT2D eigenvalue weighted by Gasteiger charge is -2.16. The molecule has 0 spiro atoms. The predicted octanol–water partition coefficient (Wildman–Crippen LogP) is 4.51. The van der Waals surface area contributed by atoms with Crippen LogP contribution in [0.25, 0.3) is 0 Å². The summed E-state index contributed by atoms with van der Waals surface area (Å²) in [6.07, 6.45) is 3.61. The molecule has 1 aromatic heterocycles. The maximum atomic E-state index is 13.6. The second-order valence-corrected chi connectivity index (χ2v) is 7.34. The van der Waals surface area contributed by atoms with E-state index < -0.39 is 34.9 Å². The highest BCUT2D eigenvalue weighted by Crippen LogP contribution is 2.28. The lowest BCUT2D eigenvalue weighted by molar-refractivity contribution is -0.115. The Bertz CT molecular complexity index is 949. The molecule has 1 aliphatic rings. The van der Waals surface area contributed by atoms with Gasteiger partial charge in [0.1, 0.15) is 16.8 Å². The third-order valence-corrected chi connectivity index (χ3v) is 5.32. The van der Waals surface area contributed by atoms with Crippen molar-refractivity contribution in [3.05, 3.63) is 52.2 Å². The summed E-state index contributed by atoms with van der Waals surface area (Å²) in [7, 11) is 0. The third-order valence-electron chi connectivity index (χ3n) is 4.33. The molecule has 9 heteroatoms. The number of hydrogen-bond acceptors (Lipinski definition) is 4. The molecule has 0 radical (unpaired) electrons. The van der Waals surface area contributed by atoms with Gasteiger partial charge in [0.2, 0.25) is 5.91 Å². The van der Waals surface area contributed by atoms with E-state index in [9.17, 15) is 27.6 Å². The van der Waals surface area contributed by atoms with Gasteiger partial charge >= 0.3 is 0 Å². The molecular formula is C19H15F4N3OS. The van der Waals surface area contributed by atoms with Crippen molar-refractivity contribution < 1.29 is 22.4 Å². The molecule has 0 atom stereocenters. The summed E-state index contributed by atoms with van der Waals surface area (Å²) in [5, 5.41) is 11.6. The Morgan fingerprint density at radius 3 is 2.50 bits per heavy atom. The van der Waals surface area contributed by atoms with E-state index in [1.807, 2.05) is 11.4 Å². The van der Waals surface area contributed by atoms with Crippen LogP contribution in [0.1, 0.15) is 36.1 Å². The molecule has 28 heavy (non-hydrogen) atoms. The topological polar surface area (TPSA) is 65.8 Å². The normalized spacial score (nSPS) is 13.0. The Morgan fingerprint density at radius 2 is 1.82 bits per heavy atom. The maximum Gasteiger partial charge on any atom is 0.225 e. The highest BCUT2D eigenvalue weighted by atomic mass is 32.2. The lowest BCUT2D eigenvalue weighted by Crippen LogP contribution is -2.16. The fourth-order valence-corrected chi connectivity index (χ4v) is 3.85. The molecule has 2 aromatic rings. The molecule has 0 fully saturated rings. The first-order valence-electron chi connectivity index (χ1n) is 8.59. The number of pyridine rings is 1. The lowest BCUT2D eigenvalue weighted by atomic mass is 9.95. The third kappa shape index (κ3) is 4.28. The van der Waals surface area contributed by atoms with Crippen LogP contribution in [0.4, 0.5) is 23.2 Å². The van der Waals surface area contributed by atoms with Gasteiger partial charge in [-0.15, -0.1) is 11.8 Å². The van der Waals surface area contributed by atoms with Gasteiger partial charge in [0.05, 0.1) is 5.56 Å². The van der Waals surface area contributed by atoms with Gasteiger partial charge in [-0.2, -0.15) is 5.26 Å². The smallest absolute Gasteiger partial charge is 0.225 e. The SMILES string of the molecule is N#Cc1cc2c(nc1SCCC(=O)Nc1c(F)c(F)cc(F)c1F)CCCC2. The molecule has 0 unspecified atom stereocenters. The van der Waals surface area contributed by atoms with Crippen LogP contribution in [-0.4, -0.2) is 16.6 Å². The van der Waals surface area contributed by atoms with Crippen LogP contribution in [0.15, 0.2) is 17.2 Å². The average Bonchev–Trinajstić information content (AvgIpc) is 2.69. The molecule has 1 aliphatic carbocycles. The minimum atomic E-state index is -1.66. The Kier molecular flexibility index (Phi) is 6.19. The van der Waals surface area contributed by atoms with Crippen LogP contribution < -0.4 is 5.32 Å². The zero-order valence-electron chi connectivity index (χ0n) is 14.6. The van der Waals surface area contributed by atoms with Gasteiger partial charge in [-0.05, 0) is 37.3 Å². The van der Waals surface area contributed by atoms with Crippen molar-refractivity contribution in [3.63, 3.8) is 0 Å². The molecule has 0 saturated carbocycles. The average molecular weight is 409 g/mol. The standard InChI is InChI=1S/C19H15F4N3OS/c20-12-8-13(21)17(23)18(16(12)22)26-15(27)5-6-28-19-11(9-24)7-10-3-1-2-4-14(10)25-19/h7-8H,1-6H2,(H,26,27). The first-order valence-corrected chi connectivity index (χ1v) is 9.57. The summed E-state index contributed by atoms with van der Waals surface area (Å²) in [5.74, 6) is -7.16. The number of carbonyl (C=O) groups excluding carboxylic acids is 1. The van der Waals surface area contributed by atoms with Gasteiger partial charge in [-0.1, -0.05) is 0 Å². The molecule has 1 N–H and O–H groups in total. The van der Waals surface area contributed by atoms with Crippen LogP contribution in [0.2, 0.25) is 0 Å². The molecule has 0 bridgehead atoms. The summed E-state index contributed by atoms with van der Waals surface area (Å²) < 4.78 is 53.6. The van der Waals surface area contributed by atoms with Crippen molar-refractivity contribution in [3.8, 4) is 6.07 Å². The van der Waals surface area contributed by atoms with Crippen LogP contribution >= 0.6 is 11.8 Å². The monoisotopic (exact) mass is 409 g/mol. The molecule has 4 nitrogen and oxygen atoms in total. The van der Waals surface area contributed by atoms with Gasteiger partial charge in [-0.3, -0.25) is 4.79 Å². The number of aryl methyl sites for hydroxylation is 2. The van der Waals surface area contributed by atoms with E-state index in [-0.39, 0.29) is 18.2 Å². The van der Waals surface area contributed by atoms with E-state index in [1.54, 1.807) is 0 Å². The van der Waals surface area contributed by atoms with E-state index in [0.29, 0.717) is 10.6 Å². The van der Waals surface area contributed by atoms with Crippen molar-refractivity contribution in [2.75, 3.05) is 11.1 Å². The Morgan fingerprint density at radius 1 is 1.14 bits per heavy atom. The molecule has 3 rings (SSSR count). The number of thioether (sulfide) groups is 1. The first-order chi connectivity index (χ1) is 13.4. The van der Waals surface area contributed by atoms with Gasteiger partial charge in [0, 0.05) is 23.9 Å². The van der Waals surface area contributed by atoms with Crippen molar-refractivity contribution in [2.45, 2.75) is 37.1 Å². The van der Waals surface area contributed by atoms with Crippen molar-refractivity contribution in [1.82, 2.24) is 4.98 Å². The molecule has 1 aromatic carbocycles. The number of nitrogens with zero attached hydrogens (tertiary/aromatic N) is 2.